The summed E-state index contributed by atoms with van der Waals surface area (Å²) in [6.07, 6.45) is 71.0. The molecule has 404 valence electrons. The van der Waals surface area contributed by atoms with Crippen LogP contribution in [0.5, 0.6) is 0 Å². The topological polar surface area (TPSA) is 61.8 Å². The molecule has 0 saturated heterocycles. The third-order valence-electron chi connectivity index (χ3n) is 14.3. The van der Waals surface area contributed by atoms with Crippen LogP contribution in [0, 0.1) is 0 Å². The van der Waals surface area contributed by atoms with E-state index in [0.29, 0.717) is 26.1 Å². The standard InChI is InChI=1S/C63H122O5/c1-4-7-10-13-16-19-22-25-28-30-32-34-36-38-41-44-47-50-53-56-62(64)67-60-61(59-66-58-55-52-49-46-43-40-27-24-21-18-15-12-9-6-3)68-63(65)57-54-51-48-45-42-39-37-35-33-31-29-26-23-20-17-14-11-8-5-2/h25,28,61H,4-24,26-27,29-60H2,1-3H3/b28-25-. The first-order valence-corrected chi connectivity index (χ1v) is 31.2. The molecule has 0 aromatic heterocycles. The molecule has 1 unspecified atom stereocenters. The van der Waals surface area contributed by atoms with Gasteiger partial charge in [-0.2, -0.15) is 0 Å². The van der Waals surface area contributed by atoms with Crippen molar-refractivity contribution in [3.8, 4) is 0 Å². The molecule has 68 heavy (non-hydrogen) atoms. The summed E-state index contributed by atoms with van der Waals surface area (Å²) < 4.78 is 17.5. The van der Waals surface area contributed by atoms with Crippen LogP contribution in [0.3, 0.4) is 0 Å². The van der Waals surface area contributed by atoms with Gasteiger partial charge >= 0.3 is 11.9 Å². The van der Waals surface area contributed by atoms with Crippen molar-refractivity contribution in [1.82, 2.24) is 0 Å². The summed E-state index contributed by atoms with van der Waals surface area (Å²) in [5, 5.41) is 0. The number of carbonyl (C=O) groups excluding carboxylic acids is 2. The molecule has 0 aromatic rings. The molecule has 1 atom stereocenters. The lowest BCUT2D eigenvalue weighted by atomic mass is 10.0. The van der Waals surface area contributed by atoms with Gasteiger partial charge in [-0.1, -0.05) is 309 Å². The summed E-state index contributed by atoms with van der Waals surface area (Å²) in [4.78, 5) is 25.6. The van der Waals surface area contributed by atoms with Crippen molar-refractivity contribution in [2.45, 2.75) is 361 Å². The largest absolute Gasteiger partial charge is 0.462 e. The maximum absolute atomic E-state index is 12.9. The first-order chi connectivity index (χ1) is 33.6. The van der Waals surface area contributed by atoms with E-state index in [2.05, 4.69) is 32.9 Å². The van der Waals surface area contributed by atoms with Gasteiger partial charge in [0, 0.05) is 19.4 Å². The molecule has 0 amide bonds. The third kappa shape index (κ3) is 57.2. The number of esters is 2. The molecule has 0 fully saturated rings. The Labute approximate surface area is 426 Å². The zero-order valence-corrected chi connectivity index (χ0v) is 46.7. The number of hydrogen-bond acceptors (Lipinski definition) is 5. The van der Waals surface area contributed by atoms with Crippen LogP contribution in [-0.2, 0) is 23.8 Å². The number of ether oxygens (including phenoxy) is 3. The Kier molecular flexibility index (Phi) is 58.7. The Balaban J connectivity index is 4.18. The predicted octanol–water partition coefficient (Wildman–Crippen LogP) is 21.4. The average Bonchev–Trinajstić information content (AvgIpc) is 3.34. The van der Waals surface area contributed by atoms with E-state index in [1.54, 1.807) is 0 Å². The molecule has 0 aliphatic rings. The van der Waals surface area contributed by atoms with Gasteiger partial charge in [-0.25, -0.2) is 0 Å². The second-order valence-electron chi connectivity index (χ2n) is 21.3. The molecule has 0 radical (unpaired) electrons. The molecular formula is C63H122O5. The molecule has 0 bridgehead atoms. The Morgan fingerprint density at radius 1 is 0.309 bits per heavy atom. The maximum Gasteiger partial charge on any atom is 0.306 e. The van der Waals surface area contributed by atoms with Crippen molar-refractivity contribution in [3.05, 3.63) is 12.2 Å². The average molecular weight is 960 g/mol. The highest BCUT2D eigenvalue weighted by molar-refractivity contribution is 5.70. The van der Waals surface area contributed by atoms with Crippen molar-refractivity contribution < 1.29 is 23.8 Å². The Morgan fingerprint density at radius 2 is 0.574 bits per heavy atom. The molecular weight excluding hydrogens is 837 g/mol. The summed E-state index contributed by atoms with van der Waals surface area (Å²) in [5.74, 6) is -0.369. The van der Waals surface area contributed by atoms with E-state index < -0.39 is 6.10 Å². The number of unbranched alkanes of at least 4 members (excludes halogenated alkanes) is 46. The van der Waals surface area contributed by atoms with Crippen LogP contribution in [0.1, 0.15) is 355 Å². The van der Waals surface area contributed by atoms with Crippen molar-refractivity contribution >= 4 is 11.9 Å². The quantitative estimate of drug-likeness (QED) is 0.0345. The van der Waals surface area contributed by atoms with E-state index in [1.807, 2.05) is 0 Å². The lowest BCUT2D eigenvalue weighted by Gasteiger charge is -2.18. The summed E-state index contributed by atoms with van der Waals surface area (Å²) >= 11 is 0. The van der Waals surface area contributed by atoms with E-state index in [-0.39, 0.29) is 18.5 Å². The zero-order chi connectivity index (χ0) is 49.2. The first kappa shape index (κ1) is 66.6. The lowest BCUT2D eigenvalue weighted by Crippen LogP contribution is -2.30. The number of carbonyl (C=O) groups is 2. The first-order valence-electron chi connectivity index (χ1n) is 31.2. The third-order valence-corrected chi connectivity index (χ3v) is 14.3. The minimum Gasteiger partial charge on any atom is -0.462 e. The van der Waals surface area contributed by atoms with Crippen molar-refractivity contribution in [1.29, 1.82) is 0 Å². The molecule has 0 rings (SSSR count). The molecule has 0 aliphatic heterocycles. The van der Waals surface area contributed by atoms with E-state index in [0.717, 1.165) is 32.1 Å². The van der Waals surface area contributed by atoms with Gasteiger partial charge in [0.2, 0.25) is 0 Å². The van der Waals surface area contributed by atoms with Gasteiger partial charge in [0.15, 0.2) is 6.10 Å². The number of rotatable bonds is 59. The zero-order valence-electron chi connectivity index (χ0n) is 46.7. The van der Waals surface area contributed by atoms with Gasteiger partial charge in [0.05, 0.1) is 6.61 Å². The lowest BCUT2D eigenvalue weighted by molar-refractivity contribution is -0.163. The smallest absolute Gasteiger partial charge is 0.306 e. The highest BCUT2D eigenvalue weighted by Gasteiger charge is 2.18. The van der Waals surface area contributed by atoms with Crippen molar-refractivity contribution in [3.63, 3.8) is 0 Å². The maximum atomic E-state index is 12.9. The molecule has 5 nitrogen and oxygen atoms in total. The van der Waals surface area contributed by atoms with Crippen LogP contribution in [-0.4, -0.2) is 37.9 Å². The highest BCUT2D eigenvalue weighted by Crippen LogP contribution is 2.18. The Morgan fingerprint density at radius 3 is 0.897 bits per heavy atom. The van der Waals surface area contributed by atoms with Crippen molar-refractivity contribution in [2.75, 3.05) is 19.8 Å². The van der Waals surface area contributed by atoms with E-state index in [1.165, 1.54) is 289 Å². The fourth-order valence-corrected chi connectivity index (χ4v) is 9.63. The molecule has 0 spiro atoms. The predicted molar refractivity (Wildman–Crippen MR) is 298 cm³/mol. The van der Waals surface area contributed by atoms with Gasteiger partial charge in [-0.05, 0) is 44.9 Å². The molecule has 0 heterocycles. The van der Waals surface area contributed by atoms with Gasteiger partial charge < -0.3 is 14.2 Å². The van der Waals surface area contributed by atoms with Crippen LogP contribution >= 0.6 is 0 Å². The van der Waals surface area contributed by atoms with Crippen LogP contribution in [0.4, 0.5) is 0 Å². The molecule has 0 aliphatic carbocycles. The van der Waals surface area contributed by atoms with E-state index in [4.69, 9.17) is 14.2 Å². The normalized spacial score (nSPS) is 12.1. The fourth-order valence-electron chi connectivity index (χ4n) is 9.63. The monoisotopic (exact) mass is 959 g/mol. The number of allylic oxidation sites excluding steroid dienone is 2. The molecule has 0 aromatic carbocycles. The van der Waals surface area contributed by atoms with Crippen LogP contribution in [0.15, 0.2) is 12.2 Å². The Bertz CT molecular complexity index is 994. The molecule has 5 heteroatoms. The van der Waals surface area contributed by atoms with Crippen molar-refractivity contribution in [2.24, 2.45) is 0 Å². The van der Waals surface area contributed by atoms with E-state index in [9.17, 15) is 9.59 Å². The highest BCUT2D eigenvalue weighted by atomic mass is 16.6. The minimum absolute atomic E-state index is 0.0947. The molecule has 0 N–H and O–H groups in total. The van der Waals surface area contributed by atoms with Gasteiger partial charge in [-0.15, -0.1) is 0 Å². The molecule has 0 saturated carbocycles. The van der Waals surface area contributed by atoms with Gasteiger partial charge in [0.25, 0.3) is 0 Å². The van der Waals surface area contributed by atoms with Crippen LogP contribution in [0.25, 0.3) is 0 Å². The minimum atomic E-state index is -0.528. The van der Waals surface area contributed by atoms with E-state index >= 15 is 0 Å². The van der Waals surface area contributed by atoms with Crippen LogP contribution < -0.4 is 0 Å². The fraction of sp³-hybridized carbons (Fsp3) is 0.937. The number of hydrogen-bond donors (Lipinski definition) is 0. The summed E-state index contributed by atoms with van der Waals surface area (Å²) in [6.45, 7) is 7.92. The SMILES string of the molecule is CCCCCCCC/C=C\CCCCCCCCCCCC(=O)OCC(COCCCCCCCCCCCCCCCC)OC(=O)CCCCCCCCCCCCCCCCCCCCC. The summed E-state index contributed by atoms with van der Waals surface area (Å²) in [5.41, 5.74) is 0. The Hall–Kier alpha value is -1.36. The van der Waals surface area contributed by atoms with Crippen LogP contribution in [0.2, 0.25) is 0 Å². The summed E-state index contributed by atoms with van der Waals surface area (Å²) in [7, 11) is 0. The summed E-state index contributed by atoms with van der Waals surface area (Å²) in [6, 6.07) is 0. The second-order valence-corrected chi connectivity index (χ2v) is 21.3. The van der Waals surface area contributed by atoms with Gasteiger partial charge in [-0.3, -0.25) is 9.59 Å². The second kappa shape index (κ2) is 59.9. The van der Waals surface area contributed by atoms with Gasteiger partial charge in [0.1, 0.15) is 6.61 Å².